The van der Waals surface area contributed by atoms with Crippen LogP contribution >= 0.6 is 0 Å². The third kappa shape index (κ3) is 3.69. The zero-order chi connectivity index (χ0) is 13.8. The largest absolute Gasteiger partial charge is 0.489 e. The van der Waals surface area contributed by atoms with Gasteiger partial charge in [-0.05, 0) is 50.3 Å². The first-order valence-electron chi connectivity index (χ1n) is 7.19. The molecular formula is C16H24FNO. The van der Waals surface area contributed by atoms with Crippen molar-refractivity contribution in [2.75, 3.05) is 7.05 Å². The van der Waals surface area contributed by atoms with Gasteiger partial charge in [-0.15, -0.1) is 0 Å². The molecule has 3 heteroatoms. The summed E-state index contributed by atoms with van der Waals surface area (Å²) >= 11 is 0. The molecule has 1 fully saturated rings. The topological polar surface area (TPSA) is 21.3 Å². The van der Waals surface area contributed by atoms with E-state index in [1.54, 1.807) is 6.07 Å². The third-order valence-corrected chi connectivity index (χ3v) is 4.23. The van der Waals surface area contributed by atoms with Crippen molar-refractivity contribution < 1.29 is 9.13 Å². The maximum atomic E-state index is 13.2. The lowest BCUT2D eigenvalue weighted by Gasteiger charge is -2.37. The normalized spacial score (nSPS) is 27.5. The van der Waals surface area contributed by atoms with Crippen molar-refractivity contribution in [1.82, 2.24) is 5.32 Å². The monoisotopic (exact) mass is 265 g/mol. The van der Waals surface area contributed by atoms with Crippen molar-refractivity contribution in [3.05, 3.63) is 30.1 Å². The number of nitrogens with one attached hydrogen (secondary N) is 1. The third-order valence-electron chi connectivity index (χ3n) is 4.23. The predicted molar refractivity (Wildman–Crippen MR) is 75.8 cm³/mol. The Bertz CT molecular complexity index is 407. The molecule has 2 rings (SSSR count). The van der Waals surface area contributed by atoms with Crippen molar-refractivity contribution in [3.8, 4) is 5.75 Å². The van der Waals surface area contributed by atoms with Gasteiger partial charge < -0.3 is 10.1 Å². The van der Waals surface area contributed by atoms with Crippen molar-refractivity contribution >= 4 is 0 Å². The fourth-order valence-electron chi connectivity index (χ4n) is 2.94. The second-order valence-electron chi connectivity index (χ2n) is 5.83. The highest BCUT2D eigenvalue weighted by atomic mass is 19.1. The lowest BCUT2D eigenvalue weighted by atomic mass is 9.78. The number of benzene rings is 1. The van der Waals surface area contributed by atoms with Crippen LogP contribution < -0.4 is 10.1 Å². The van der Waals surface area contributed by atoms with Crippen LogP contribution in [0.5, 0.6) is 5.75 Å². The molecule has 2 nitrogen and oxygen atoms in total. The fraction of sp³-hybridized carbons (Fsp3) is 0.625. The van der Waals surface area contributed by atoms with E-state index < -0.39 is 0 Å². The Morgan fingerprint density at radius 1 is 1.32 bits per heavy atom. The van der Waals surface area contributed by atoms with Gasteiger partial charge in [-0.3, -0.25) is 0 Å². The Morgan fingerprint density at radius 3 is 2.74 bits per heavy atom. The van der Waals surface area contributed by atoms with Gasteiger partial charge in [-0.25, -0.2) is 4.39 Å². The summed E-state index contributed by atoms with van der Waals surface area (Å²) < 4.78 is 19.2. The van der Waals surface area contributed by atoms with Gasteiger partial charge in [0.25, 0.3) is 0 Å². The van der Waals surface area contributed by atoms with Crippen molar-refractivity contribution in [3.63, 3.8) is 0 Å². The highest BCUT2D eigenvalue weighted by Gasteiger charge is 2.32. The van der Waals surface area contributed by atoms with Crippen molar-refractivity contribution in [2.45, 2.75) is 45.3 Å². The molecule has 0 aromatic heterocycles. The number of likely N-dealkylation sites (N-methyl/N-ethyl adjacent to an activating group) is 1. The first kappa shape index (κ1) is 14.3. The second-order valence-corrected chi connectivity index (χ2v) is 5.83. The van der Waals surface area contributed by atoms with E-state index in [0.717, 1.165) is 12.8 Å². The van der Waals surface area contributed by atoms with Gasteiger partial charge in [0.05, 0.1) is 0 Å². The first-order chi connectivity index (χ1) is 9.10. The predicted octanol–water partition coefficient (Wildman–Crippen LogP) is 3.62. The van der Waals surface area contributed by atoms with E-state index in [1.807, 2.05) is 13.1 Å². The molecule has 0 amide bonds. The highest BCUT2D eigenvalue weighted by Crippen LogP contribution is 2.32. The van der Waals surface area contributed by atoms with Crippen LogP contribution in [0.25, 0.3) is 0 Å². The van der Waals surface area contributed by atoms with Gasteiger partial charge in [0, 0.05) is 12.1 Å². The highest BCUT2D eigenvalue weighted by molar-refractivity contribution is 5.23. The van der Waals surface area contributed by atoms with Gasteiger partial charge in [-0.2, -0.15) is 0 Å². The number of halogens is 1. The maximum Gasteiger partial charge on any atom is 0.126 e. The zero-order valence-corrected chi connectivity index (χ0v) is 12.0. The van der Waals surface area contributed by atoms with Gasteiger partial charge in [-0.1, -0.05) is 19.9 Å². The minimum absolute atomic E-state index is 0.132. The molecular weight excluding hydrogens is 241 g/mol. The van der Waals surface area contributed by atoms with Gasteiger partial charge in [0.1, 0.15) is 17.7 Å². The Labute approximate surface area is 115 Å². The van der Waals surface area contributed by atoms with E-state index >= 15 is 0 Å². The molecule has 1 saturated carbocycles. The summed E-state index contributed by atoms with van der Waals surface area (Å²) in [5.74, 6) is 1.77. The SMILES string of the molecule is CNC1CCC(C(C)C)CC1Oc1cccc(F)c1. The average molecular weight is 265 g/mol. The molecule has 0 saturated heterocycles. The van der Waals surface area contributed by atoms with E-state index in [2.05, 4.69) is 19.2 Å². The zero-order valence-electron chi connectivity index (χ0n) is 12.0. The quantitative estimate of drug-likeness (QED) is 0.898. The first-order valence-corrected chi connectivity index (χ1v) is 7.19. The van der Waals surface area contributed by atoms with Crippen LogP contribution in [0.2, 0.25) is 0 Å². The molecule has 0 heterocycles. The molecule has 3 atom stereocenters. The molecule has 1 aliphatic carbocycles. The smallest absolute Gasteiger partial charge is 0.126 e. The van der Waals surface area contributed by atoms with E-state index in [9.17, 15) is 4.39 Å². The van der Waals surface area contributed by atoms with E-state index in [1.165, 1.54) is 18.6 Å². The van der Waals surface area contributed by atoms with E-state index in [4.69, 9.17) is 4.74 Å². The molecule has 0 bridgehead atoms. The molecule has 0 radical (unpaired) electrons. The maximum absolute atomic E-state index is 13.2. The fourth-order valence-corrected chi connectivity index (χ4v) is 2.94. The van der Waals surface area contributed by atoms with Crippen LogP contribution in [0.4, 0.5) is 4.39 Å². The number of rotatable bonds is 4. The lowest BCUT2D eigenvalue weighted by molar-refractivity contribution is 0.0747. The molecule has 0 spiro atoms. The lowest BCUT2D eigenvalue weighted by Crippen LogP contribution is -2.46. The molecule has 0 aliphatic heterocycles. The number of ether oxygens (including phenoxy) is 1. The average Bonchev–Trinajstić information content (AvgIpc) is 2.38. The second kappa shape index (κ2) is 6.38. The Morgan fingerprint density at radius 2 is 2.11 bits per heavy atom. The molecule has 19 heavy (non-hydrogen) atoms. The number of hydrogen-bond acceptors (Lipinski definition) is 2. The molecule has 1 aromatic rings. The molecule has 1 aromatic carbocycles. The molecule has 3 unspecified atom stereocenters. The summed E-state index contributed by atoms with van der Waals surface area (Å²) in [5.41, 5.74) is 0. The van der Waals surface area contributed by atoms with E-state index in [-0.39, 0.29) is 11.9 Å². The van der Waals surface area contributed by atoms with Crippen LogP contribution in [-0.2, 0) is 0 Å². The van der Waals surface area contributed by atoms with Crippen molar-refractivity contribution in [2.24, 2.45) is 11.8 Å². The summed E-state index contributed by atoms with van der Waals surface area (Å²) in [4.78, 5) is 0. The number of hydrogen-bond donors (Lipinski definition) is 1. The van der Waals surface area contributed by atoms with Gasteiger partial charge in [0.2, 0.25) is 0 Å². The Kier molecular flexibility index (Phi) is 4.81. The van der Waals surface area contributed by atoms with Crippen LogP contribution in [0.3, 0.4) is 0 Å². The minimum atomic E-state index is -0.241. The van der Waals surface area contributed by atoms with Crippen LogP contribution in [0, 0.1) is 17.7 Å². The Balaban J connectivity index is 2.06. The minimum Gasteiger partial charge on any atom is -0.489 e. The summed E-state index contributed by atoms with van der Waals surface area (Å²) in [6.45, 7) is 4.53. The summed E-state index contributed by atoms with van der Waals surface area (Å²) in [7, 11) is 1.97. The van der Waals surface area contributed by atoms with Crippen LogP contribution in [0.15, 0.2) is 24.3 Å². The Hall–Kier alpha value is -1.09. The van der Waals surface area contributed by atoms with Crippen LogP contribution in [0.1, 0.15) is 33.1 Å². The van der Waals surface area contributed by atoms with Crippen LogP contribution in [-0.4, -0.2) is 19.2 Å². The molecule has 1 aliphatic rings. The van der Waals surface area contributed by atoms with E-state index in [0.29, 0.717) is 23.6 Å². The van der Waals surface area contributed by atoms with Gasteiger partial charge in [0.15, 0.2) is 0 Å². The summed E-state index contributed by atoms with van der Waals surface area (Å²) in [6.07, 6.45) is 3.54. The summed E-state index contributed by atoms with van der Waals surface area (Å²) in [6, 6.07) is 6.79. The molecule has 106 valence electrons. The molecule has 1 N–H and O–H groups in total. The standard InChI is InChI=1S/C16H24FNO/c1-11(2)12-7-8-15(18-3)16(9-12)19-14-6-4-5-13(17)10-14/h4-6,10-12,15-16,18H,7-9H2,1-3H3. The van der Waals surface area contributed by atoms with Gasteiger partial charge >= 0.3 is 0 Å². The summed E-state index contributed by atoms with van der Waals surface area (Å²) in [5, 5.41) is 3.33. The van der Waals surface area contributed by atoms with Crippen molar-refractivity contribution in [1.29, 1.82) is 0 Å².